The van der Waals surface area contributed by atoms with Crippen LogP contribution in [-0.4, -0.2) is 6.21 Å². The Kier molecular flexibility index (Phi) is 3.73. The van der Waals surface area contributed by atoms with Crippen molar-refractivity contribution in [1.82, 2.24) is 0 Å². The van der Waals surface area contributed by atoms with Gasteiger partial charge in [0.1, 0.15) is 5.82 Å². The van der Waals surface area contributed by atoms with E-state index in [2.05, 4.69) is 10.5 Å². The predicted molar refractivity (Wildman–Crippen MR) is 69.1 cm³/mol. The molecule has 17 heavy (non-hydrogen) atoms. The van der Waals surface area contributed by atoms with Gasteiger partial charge in [0.05, 0.1) is 11.9 Å². The van der Waals surface area contributed by atoms with E-state index in [1.54, 1.807) is 30.5 Å². The van der Waals surface area contributed by atoms with Crippen molar-refractivity contribution >= 4 is 23.5 Å². The van der Waals surface area contributed by atoms with Crippen molar-refractivity contribution in [3.8, 4) is 0 Å². The van der Waals surface area contributed by atoms with E-state index in [0.717, 1.165) is 5.69 Å². The van der Waals surface area contributed by atoms with E-state index in [-0.39, 0.29) is 5.82 Å². The lowest BCUT2D eigenvalue weighted by Crippen LogP contribution is -1.90. The molecule has 86 valence electrons. The summed E-state index contributed by atoms with van der Waals surface area (Å²) in [5.74, 6) is -0.281. The van der Waals surface area contributed by atoms with Gasteiger partial charge in [-0.1, -0.05) is 29.8 Å². The van der Waals surface area contributed by atoms with E-state index in [0.29, 0.717) is 10.6 Å². The SMILES string of the molecule is Fc1cccc(C=NNc2cccc(Cl)c2)c1. The van der Waals surface area contributed by atoms with Gasteiger partial charge in [-0.15, -0.1) is 0 Å². The summed E-state index contributed by atoms with van der Waals surface area (Å²) in [7, 11) is 0. The van der Waals surface area contributed by atoms with Crippen LogP contribution in [0.25, 0.3) is 0 Å². The standard InChI is InChI=1S/C13H10ClFN2/c14-11-4-2-6-13(8-11)17-16-9-10-3-1-5-12(15)7-10/h1-9,17H. The van der Waals surface area contributed by atoms with Crippen LogP contribution < -0.4 is 5.43 Å². The highest BCUT2D eigenvalue weighted by molar-refractivity contribution is 6.30. The fraction of sp³-hybridized carbons (Fsp3) is 0. The smallest absolute Gasteiger partial charge is 0.123 e. The third-order valence-electron chi connectivity index (χ3n) is 2.08. The quantitative estimate of drug-likeness (QED) is 0.646. The second kappa shape index (κ2) is 5.46. The van der Waals surface area contributed by atoms with E-state index in [1.807, 2.05) is 12.1 Å². The van der Waals surface area contributed by atoms with Crippen LogP contribution in [0.2, 0.25) is 5.02 Å². The Hall–Kier alpha value is -1.87. The monoisotopic (exact) mass is 248 g/mol. The summed E-state index contributed by atoms with van der Waals surface area (Å²) < 4.78 is 12.9. The molecule has 0 radical (unpaired) electrons. The Morgan fingerprint density at radius 2 is 1.94 bits per heavy atom. The lowest BCUT2D eigenvalue weighted by molar-refractivity contribution is 0.627. The van der Waals surface area contributed by atoms with E-state index in [1.165, 1.54) is 12.1 Å². The summed E-state index contributed by atoms with van der Waals surface area (Å²) in [5.41, 5.74) is 4.29. The van der Waals surface area contributed by atoms with E-state index in [9.17, 15) is 4.39 Å². The lowest BCUT2D eigenvalue weighted by atomic mass is 10.2. The highest BCUT2D eigenvalue weighted by Gasteiger charge is 1.92. The molecule has 0 unspecified atom stereocenters. The van der Waals surface area contributed by atoms with Crippen LogP contribution in [0.4, 0.5) is 10.1 Å². The molecule has 0 aliphatic rings. The molecule has 0 fully saturated rings. The molecule has 2 aromatic rings. The van der Waals surface area contributed by atoms with Crippen molar-refractivity contribution in [2.75, 3.05) is 5.43 Å². The number of halogens is 2. The number of rotatable bonds is 3. The Bertz CT molecular complexity index is 540. The predicted octanol–water partition coefficient (Wildman–Crippen LogP) is 3.93. The molecule has 4 heteroatoms. The average Bonchev–Trinajstić information content (AvgIpc) is 2.29. The van der Waals surface area contributed by atoms with E-state index >= 15 is 0 Å². The molecule has 0 heterocycles. The first kappa shape index (κ1) is 11.6. The van der Waals surface area contributed by atoms with Crippen molar-refractivity contribution in [3.05, 3.63) is 64.9 Å². The Morgan fingerprint density at radius 3 is 2.71 bits per heavy atom. The molecule has 2 nitrogen and oxygen atoms in total. The first-order valence-electron chi connectivity index (χ1n) is 5.04. The minimum absolute atomic E-state index is 0.281. The zero-order valence-electron chi connectivity index (χ0n) is 8.90. The molecule has 0 bridgehead atoms. The molecular weight excluding hydrogens is 239 g/mol. The molecule has 2 aromatic carbocycles. The zero-order chi connectivity index (χ0) is 12.1. The van der Waals surface area contributed by atoms with Gasteiger partial charge in [-0.05, 0) is 35.9 Å². The molecule has 2 rings (SSSR count). The van der Waals surface area contributed by atoms with E-state index < -0.39 is 0 Å². The second-order valence-electron chi connectivity index (χ2n) is 3.44. The van der Waals surface area contributed by atoms with Crippen LogP contribution >= 0.6 is 11.6 Å². The minimum Gasteiger partial charge on any atom is -0.278 e. The molecule has 0 atom stereocenters. The van der Waals surface area contributed by atoms with Crippen molar-refractivity contribution in [3.63, 3.8) is 0 Å². The number of nitrogens with one attached hydrogen (secondary N) is 1. The average molecular weight is 249 g/mol. The summed E-state index contributed by atoms with van der Waals surface area (Å²) >= 11 is 5.82. The molecule has 0 saturated carbocycles. The van der Waals surface area contributed by atoms with Crippen LogP contribution in [0.3, 0.4) is 0 Å². The minimum atomic E-state index is -0.281. The topological polar surface area (TPSA) is 24.4 Å². The van der Waals surface area contributed by atoms with Crippen LogP contribution in [0.15, 0.2) is 53.6 Å². The lowest BCUT2D eigenvalue weighted by Gasteiger charge is -1.99. The van der Waals surface area contributed by atoms with Crippen LogP contribution in [0.5, 0.6) is 0 Å². The zero-order valence-corrected chi connectivity index (χ0v) is 9.66. The maximum atomic E-state index is 12.9. The number of anilines is 1. The largest absolute Gasteiger partial charge is 0.278 e. The molecule has 0 amide bonds. The first-order valence-corrected chi connectivity index (χ1v) is 5.42. The number of hydrogen-bond donors (Lipinski definition) is 1. The maximum absolute atomic E-state index is 12.9. The highest BCUT2D eigenvalue weighted by Crippen LogP contribution is 2.14. The number of benzene rings is 2. The van der Waals surface area contributed by atoms with Gasteiger partial charge in [-0.25, -0.2) is 4.39 Å². The maximum Gasteiger partial charge on any atom is 0.123 e. The van der Waals surface area contributed by atoms with Gasteiger partial charge in [0.15, 0.2) is 0 Å². The van der Waals surface area contributed by atoms with E-state index in [4.69, 9.17) is 11.6 Å². The third kappa shape index (κ3) is 3.57. The molecule has 0 aromatic heterocycles. The van der Waals surface area contributed by atoms with Gasteiger partial charge in [0.2, 0.25) is 0 Å². The normalized spacial score (nSPS) is 10.7. The summed E-state index contributed by atoms with van der Waals surface area (Å²) in [6.45, 7) is 0. The number of hydrazone groups is 1. The van der Waals surface area contributed by atoms with Gasteiger partial charge in [-0.3, -0.25) is 5.43 Å². The Labute approximate surface area is 104 Å². The van der Waals surface area contributed by atoms with Gasteiger partial charge >= 0.3 is 0 Å². The Balaban J connectivity index is 2.03. The Morgan fingerprint density at radius 1 is 1.12 bits per heavy atom. The van der Waals surface area contributed by atoms with Crippen molar-refractivity contribution in [2.24, 2.45) is 5.10 Å². The summed E-state index contributed by atoms with van der Waals surface area (Å²) in [5, 5.41) is 4.63. The van der Waals surface area contributed by atoms with Crippen molar-refractivity contribution < 1.29 is 4.39 Å². The van der Waals surface area contributed by atoms with Crippen LogP contribution in [0.1, 0.15) is 5.56 Å². The van der Waals surface area contributed by atoms with Gasteiger partial charge in [0.25, 0.3) is 0 Å². The third-order valence-corrected chi connectivity index (χ3v) is 2.32. The molecule has 0 spiro atoms. The molecule has 0 aliphatic carbocycles. The highest BCUT2D eigenvalue weighted by atomic mass is 35.5. The summed E-state index contributed by atoms with van der Waals surface area (Å²) in [6, 6.07) is 13.4. The fourth-order valence-corrected chi connectivity index (χ4v) is 1.52. The molecular formula is C13H10ClFN2. The fourth-order valence-electron chi connectivity index (χ4n) is 1.33. The number of hydrogen-bond acceptors (Lipinski definition) is 2. The van der Waals surface area contributed by atoms with Gasteiger partial charge < -0.3 is 0 Å². The number of nitrogens with zero attached hydrogens (tertiary/aromatic N) is 1. The summed E-state index contributed by atoms with van der Waals surface area (Å²) in [6.07, 6.45) is 1.55. The van der Waals surface area contributed by atoms with Gasteiger partial charge in [-0.2, -0.15) is 5.10 Å². The van der Waals surface area contributed by atoms with Crippen LogP contribution in [-0.2, 0) is 0 Å². The first-order chi connectivity index (χ1) is 8.24. The van der Waals surface area contributed by atoms with Crippen molar-refractivity contribution in [1.29, 1.82) is 0 Å². The summed E-state index contributed by atoms with van der Waals surface area (Å²) in [4.78, 5) is 0. The van der Waals surface area contributed by atoms with Gasteiger partial charge in [0, 0.05) is 5.02 Å². The second-order valence-corrected chi connectivity index (χ2v) is 3.87. The van der Waals surface area contributed by atoms with Crippen LogP contribution in [0, 0.1) is 5.82 Å². The molecule has 0 aliphatic heterocycles. The molecule has 1 N–H and O–H groups in total. The molecule has 0 saturated heterocycles. The van der Waals surface area contributed by atoms with Crippen molar-refractivity contribution in [2.45, 2.75) is 0 Å².